The maximum atomic E-state index is 11.5. The molecule has 3 rings (SSSR count). The molecule has 0 unspecified atom stereocenters. The lowest BCUT2D eigenvalue weighted by molar-refractivity contribution is 0.0692. The van der Waals surface area contributed by atoms with Crippen LogP contribution >= 0.6 is 11.6 Å². The van der Waals surface area contributed by atoms with E-state index < -0.39 is 5.97 Å². The van der Waals surface area contributed by atoms with Crippen molar-refractivity contribution in [3.63, 3.8) is 0 Å². The second-order valence-electron chi connectivity index (χ2n) is 5.50. The highest BCUT2D eigenvalue weighted by Crippen LogP contribution is 2.34. The number of imidazole rings is 1. The maximum absolute atomic E-state index is 11.5. The number of carboxylic acid groups (broad SMARTS) is 1. The summed E-state index contributed by atoms with van der Waals surface area (Å²) in [6.45, 7) is 3.73. The van der Waals surface area contributed by atoms with Crippen molar-refractivity contribution >= 4 is 34.7 Å². The van der Waals surface area contributed by atoms with Crippen molar-refractivity contribution in [3.8, 4) is 5.75 Å². The quantitative estimate of drug-likeness (QED) is 0.683. The highest BCUT2D eigenvalue weighted by Gasteiger charge is 2.18. The van der Waals surface area contributed by atoms with Crippen LogP contribution in [-0.2, 0) is 0 Å². The van der Waals surface area contributed by atoms with Crippen LogP contribution in [-0.4, -0.2) is 27.6 Å². The van der Waals surface area contributed by atoms with Gasteiger partial charge in [0.1, 0.15) is 17.1 Å². The van der Waals surface area contributed by atoms with Gasteiger partial charge in [0.25, 0.3) is 0 Å². The largest absolute Gasteiger partial charge is 0.494 e. The lowest BCUT2D eigenvalue weighted by atomic mass is 10.2. The molecule has 0 atom stereocenters. The van der Waals surface area contributed by atoms with Crippen molar-refractivity contribution in [2.75, 3.05) is 7.11 Å². The molecule has 25 heavy (non-hydrogen) atoms. The highest BCUT2D eigenvalue weighted by atomic mass is 35.5. The van der Waals surface area contributed by atoms with Gasteiger partial charge in [0.15, 0.2) is 11.5 Å². The number of rotatable bonds is 4. The summed E-state index contributed by atoms with van der Waals surface area (Å²) >= 11 is 6.08. The van der Waals surface area contributed by atoms with Gasteiger partial charge in [0.05, 0.1) is 7.11 Å². The first-order chi connectivity index (χ1) is 11.9. The van der Waals surface area contributed by atoms with E-state index in [1.807, 2.05) is 19.9 Å². The van der Waals surface area contributed by atoms with E-state index in [0.717, 1.165) is 11.1 Å². The van der Waals surface area contributed by atoms with Gasteiger partial charge in [0.2, 0.25) is 0 Å². The normalized spacial score (nSPS) is 11.4. The smallest absolute Gasteiger partial charge is 0.358 e. The third-order valence-corrected chi connectivity index (χ3v) is 4.06. The minimum Gasteiger partial charge on any atom is -0.494 e. The predicted molar refractivity (Wildman–Crippen MR) is 93.8 cm³/mol. The van der Waals surface area contributed by atoms with Crippen LogP contribution in [0.4, 0.5) is 11.5 Å². The van der Waals surface area contributed by atoms with Crippen molar-refractivity contribution in [2.24, 2.45) is 10.2 Å². The molecule has 1 N–H and O–H groups in total. The Balaban J connectivity index is 2.16. The van der Waals surface area contributed by atoms with Gasteiger partial charge in [-0.2, -0.15) is 0 Å². The molecule has 0 saturated carbocycles. The van der Waals surface area contributed by atoms with Crippen LogP contribution in [0.1, 0.15) is 21.6 Å². The van der Waals surface area contributed by atoms with Gasteiger partial charge in [-0.25, -0.2) is 9.78 Å². The molecule has 0 aliphatic carbocycles. The molecule has 3 aromatic rings. The highest BCUT2D eigenvalue weighted by molar-refractivity contribution is 6.31. The van der Waals surface area contributed by atoms with Crippen molar-refractivity contribution in [2.45, 2.75) is 13.8 Å². The Kier molecular flexibility index (Phi) is 4.41. The third kappa shape index (κ3) is 3.18. The Morgan fingerprint density at radius 2 is 2.04 bits per heavy atom. The second kappa shape index (κ2) is 6.52. The average molecular weight is 359 g/mol. The summed E-state index contributed by atoms with van der Waals surface area (Å²) in [7, 11) is 1.50. The number of hydrogen-bond donors (Lipinski definition) is 1. The van der Waals surface area contributed by atoms with Crippen LogP contribution in [0, 0.1) is 13.8 Å². The average Bonchev–Trinajstić information content (AvgIpc) is 2.93. The lowest BCUT2D eigenvalue weighted by Crippen LogP contribution is -1.96. The fourth-order valence-corrected chi connectivity index (χ4v) is 2.52. The zero-order valence-corrected chi connectivity index (χ0v) is 14.6. The Labute approximate surface area is 148 Å². The topological polar surface area (TPSA) is 88.5 Å². The number of hydrogen-bond acceptors (Lipinski definition) is 5. The first-order valence-corrected chi connectivity index (χ1v) is 7.76. The van der Waals surface area contributed by atoms with E-state index in [1.54, 1.807) is 28.8 Å². The van der Waals surface area contributed by atoms with Crippen molar-refractivity contribution < 1.29 is 14.6 Å². The molecule has 0 aliphatic heterocycles. The van der Waals surface area contributed by atoms with Crippen LogP contribution < -0.4 is 4.74 Å². The first-order valence-electron chi connectivity index (χ1n) is 7.38. The summed E-state index contributed by atoms with van der Waals surface area (Å²) in [6.07, 6.45) is 1.76. The van der Waals surface area contributed by atoms with E-state index in [-0.39, 0.29) is 11.5 Å². The van der Waals surface area contributed by atoms with Crippen LogP contribution in [0.2, 0.25) is 5.02 Å². The number of carbonyl (C=O) groups is 1. The van der Waals surface area contributed by atoms with Crippen LogP contribution in [0.3, 0.4) is 0 Å². The zero-order chi connectivity index (χ0) is 18.1. The second-order valence-corrected chi connectivity index (χ2v) is 5.90. The van der Waals surface area contributed by atoms with Gasteiger partial charge in [0, 0.05) is 17.3 Å². The van der Waals surface area contributed by atoms with E-state index in [2.05, 4.69) is 15.2 Å². The van der Waals surface area contributed by atoms with E-state index >= 15 is 0 Å². The van der Waals surface area contributed by atoms with Crippen molar-refractivity contribution in [1.29, 1.82) is 0 Å². The Morgan fingerprint density at radius 1 is 1.28 bits per heavy atom. The molecule has 0 saturated heterocycles. The number of halogens is 1. The number of ether oxygens (including phenoxy) is 1. The van der Waals surface area contributed by atoms with Gasteiger partial charge in [-0.05, 0) is 37.1 Å². The van der Waals surface area contributed by atoms with E-state index in [0.29, 0.717) is 22.1 Å². The minimum absolute atomic E-state index is 0.140. The van der Waals surface area contributed by atoms with Gasteiger partial charge >= 0.3 is 5.97 Å². The van der Waals surface area contributed by atoms with E-state index in [1.165, 1.54) is 7.11 Å². The predicted octanol–water partition coefficient (Wildman–Crippen LogP) is 4.73. The number of pyridine rings is 1. The number of nitrogens with zero attached hydrogens (tertiary/aromatic N) is 4. The number of aryl methyl sites for hydroxylation is 2. The Morgan fingerprint density at radius 3 is 2.72 bits per heavy atom. The van der Waals surface area contributed by atoms with Crippen molar-refractivity contribution in [3.05, 3.63) is 52.3 Å². The number of fused-ring (bicyclic) bond motifs is 1. The summed E-state index contributed by atoms with van der Waals surface area (Å²) in [5.74, 6) is -0.586. The van der Waals surface area contributed by atoms with Gasteiger partial charge < -0.3 is 9.84 Å². The molecule has 8 heteroatoms. The summed E-state index contributed by atoms with van der Waals surface area (Å²) in [4.78, 5) is 15.6. The van der Waals surface area contributed by atoms with Gasteiger partial charge in [-0.1, -0.05) is 17.7 Å². The third-order valence-electron chi connectivity index (χ3n) is 3.66. The number of benzene rings is 1. The van der Waals surface area contributed by atoms with E-state index in [9.17, 15) is 9.90 Å². The van der Waals surface area contributed by atoms with Gasteiger partial charge in [-0.3, -0.25) is 4.40 Å². The molecule has 0 fully saturated rings. The number of carboxylic acids is 1. The number of azo groups is 1. The molecule has 2 aromatic heterocycles. The fourth-order valence-electron chi connectivity index (χ4n) is 2.37. The molecular weight excluding hydrogens is 344 g/mol. The summed E-state index contributed by atoms with van der Waals surface area (Å²) in [6, 6.07) is 6.94. The molecule has 0 spiro atoms. The maximum Gasteiger partial charge on any atom is 0.358 e. The molecule has 128 valence electrons. The number of aromatic nitrogens is 2. The molecule has 7 nitrogen and oxygen atoms in total. The van der Waals surface area contributed by atoms with Crippen LogP contribution in [0.15, 0.2) is 40.7 Å². The van der Waals surface area contributed by atoms with Crippen LogP contribution in [0.25, 0.3) is 5.65 Å². The number of methoxy groups -OCH3 is 1. The monoisotopic (exact) mass is 358 g/mol. The zero-order valence-electron chi connectivity index (χ0n) is 13.8. The summed E-state index contributed by atoms with van der Waals surface area (Å²) in [5, 5.41) is 18.2. The SMILES string of the molecule is COc1cc(Cl)c(C)cc1N=Nc1c(C(=O)O)nc2ccc(C)cn12. The Hall–Kier alpha value is -2.93. The van der Waals surface area contributed by atoms with E-state index in [4.69, 9.17) is 16.3 Å². The lowest BCUT2D eigenvalue weighted by Gasteiger charge is -2.06. The molecule has 0 radical (unpaired) electrons. The van der Waals surface area contributed by atoms with Crippen molar-refractivity contribution in [1.82, 2.24) is 9.38 Å². The number of aromatic carboxylic acids is 1. The summed E-state index contributed by atoms with van der Waals surface area (Å²) < 4.78 is 6.85. The molecular formula is C17H15ClN4O3. The molecule has 2 heterocycles. The first kappa shape index (κ1) is 16.9. The summed E-state index contributed by atoms with van der Waals surface area (Å²) in [5.41, 5.74) is 2.51. The molecule has 1 aromatic carbocycles. The Bertz CT molecular complexity index is 1010. The van der Waals surface area contributed by atoms with Gasteiger partial charge in [-0.15, -0.1) is 10.2 Å². The van der Waals surface area contributed by atoms with Crippen LogP contribution in [0.5, 0.6) is 5.75 Å². The molecule has 0 bridgehead atoms. The molecule has 0 amide bonds. The fraction of sp³-hybridized carbons (Fsp3) is 0.176. The minimum atomic E-state index is -1.17. The molecule has 0 aliphatic rings. The standard InChI is InChI=1S/C17H15ClN4O3/c1-9-4-5-14-19-15(17(23)24)16(22(14)8-9)21-20-12-6-10(2)11(18)7-13(12)25-3/h4-8H,1-3H3,(H,23,24).